The van der Waals surface area contributed by atoms with Crippen LogP contribution in [0.2, 0.25) is 0 Å². The molecule has 4 rings (SSSR count). The zero-order chi connectivity index (χ0) is 23.5. The molecule has 170 valence electrons. The Bertz CT molecular complexity index is 1220. The lowest BCUT2D eigenvalue weighted by Crippen LogP contribution is -2.38. The first kappa shape index (κ1) is 22.4. The molecule has 2 amide bonds. The van der Waals surface area contributed by atoms with Crippen LogP contribution in [0.4, 0.5) is 10.1 Å². The predicted molar refractivity (Wildman–Crippen MR) is 122 cm³/mol. The van der Waals surface area contributed by atoms with Crippen molar-refractivity contribution in [1.29, 1.82) is 0 Å². The first-order valence-electron chi connectivity index (χ1n) is 10.9. The second kappa shape index (κ2) is 9.36. The van der Waals surface area contributed by atoms with Crippen molar-refractivity contribution >= 4 is 28.3 Å². The largest absolute Gasteiger partial charge is 0.353 e. The van der Waals surface area contributed by atoms with Gasteiger partial charge in [-0.05, 0) is 49.1 Å². The maximum atomic E-state index is 14.3. The molecule has 1 aliphatic rings. The van der Waals surface area contributed by atoms with Gasteiger partial charge in [0, 0.05) is 29.3 Å². The molecule has 3 atom stereocenters. The molecule has 0 aliphatic heterocycles. The van der Waals surface area contributed by atoms with E-state index in [-0.39, 0.29) is 35.1 Å². The second-order valence-corrected chi connectivity index (χ2v) is 8.40. The molecule has 2 N–H and O–H groups in total. The SMILES string of the molecule is CC(C(=O)N[C@@H]1CC[C@H](NC(=O)c2cccc3ccccc23)C1)c1ccc([N+](=O)[O-])cc1F. The summed E-state index contributed by atoms with van der Waals surface area (Å²) in [6.07, 6.45) is 2.00. The van der Waals surface area contributed by atoms with Gasteiger partial charge in [-0.25, -0.2) is 4.39 Å². The van der Waals surface area contributed by atoms with Gasteiger partial charge < -0.3 is 10.6 Å². The highest BCUT2D eigenvalue weighted by Gasteiger charge is 2.30. The van der Waals surface area contributed by atoms with Crippen LogP contribution in [0.15, 0.2) is 60.7 Å². The summed E-state index contributed by atoms with van der Waals surface area (Å²) < 4.78 is 14.3. The van der Waals surface area contributed by atoms with Crippen LogP contribution >= 0.6 is 0 Å². The molecule has 0 spiro atoms. The quantitative estimate of drug-likeness (QED) is 0.429. The fourth-order valence-corrected chi connectivity index (χ4v) is 4.38. The first-order valence-corrected chi connectivity index (χ1v) is 10.9. The average Bonchev–Trinajstić information content (AvgIpc) is 3.24. The third kappa shape index (κ3) is 4.84. The molecule has 3 aromatic rings. The maximum absolute atomic E-state index is 14.3. The van der Waals surface area contributed by atoms with Gasteiger partial charge in [-0.3, -0.25) is 19.7 Å². The Morgan fingerprint density at radius 3 is 2.45 bits per heavy atom. The number of nitro benzene ring substituents is 1. The summed E-state index contributed by atoms with van der Waals surface area (Å²) in [4.78, 5) is 35.6. The van der Waals surface area contributed by atoms with Crippen LogP contribution in [0.25, 0.3) is 10.8 Å². The van der Waals surface area contributed by atoms with Crippen LogP contribution < -0.4 is 10.6 Å². The fourth-order valence-electron chi connectivity index (χ4n) is 4.38. The molecular formula is C25H24FN3O4. The molecule has 8 heteroatoms. The van der Waals surface area contributed by atoms with E-state index in [1.54, 1.807) is 13.0 Å². The summed E-state index contributed by atoms with van der Waals surface area (Å²) in [6.45, 7) is 1.56. The molecule has 1 unspecified atom stereocenters. The smallest absolute Gasteiger partial charge is 0.272 e. The van der Waals surface area contributed by atoms with E-state index in [1.165, 1.54) is 12.1 Å². The summed E-state index contributed by atoms with van der Waals surface area (Å²) in [5.74, 6) is -2.08. The van der Waals surface area contributed by atoms with E-state index in [1.807, 2.05) is 36.4 Å². The molecule has 1 fully saturated rings. The van der Waals surface area contributed by atoms with Crippen molar-refractivity contribution in [2.24, 2.45) is 0 Å². The van der Waals surface area contributed by atoms with Crippen molar-refractivity contribution in [3.8, 4) is 0 Å². The standard InChI is InChI=1S/C25H24FN3O4/c1-15(20-12-11-19(29(32)33)14-23(20)26)24(30)27-17-9-10-18(13-17)28-25(31)22-8-4-6-16-5-2-3-7-21(16)22/h2-8,11-12,14-15,17-18H,9-10,13H2,1H3,(H,27,30)(H,28,31)/t15?,17-,18+/m1/s1. The molecular weight excluding hydrogens is 425 g/mol. The van der Waals surface area contributed by atoms with Crippen LogP contribution in [-0.4, -0.2) is 28.8 Å². The van der Waals surface area contributed by atoms with Crippen LogP contribution in [0, 0.1) is 15.9 Å². The molecule has 0 bridgehead atoms. The minimum absolute atomic E-state index is 0.0758. The Kier molecular flexibility index (Phi) is 6.35. The highest BCUT2D eigenvalue weighted by molar-refractivity contribution is 6.07. The number of amides is 2. The van der Waals surface area contributed by atoms with Gasteiger partial charge in [-0.1, -0.05) is 36.4 Å². The highest BCUT2D eigenvalue weighted by atomic mass is 19.1. The minimum atomic E-state index is -0.796. The third-order valence-corrected chi connectivity index (χ3v) is 6.20. The number of hydrogen-bond donors (Lipinski definition) is 2. The average molecular weight is 449 g/mol. The fraction of sp³-hybridized carbons (Fsp3) is 0.280. The van der Waals surface area contributed by atoms with Gasteiger partial charge in [-0.2, -0.15) is 0 Å². The lowest BCUT2D eigenvalue weighted by molar-refractivity contribution is -0.385. The molecule has 0 saturated heterocycles. The number of carbonyl (C=O) groups is 2. The van der Waals surface area contributed by atoms with Crippen LogP contribution in [0.1, 0.15) is 48.0 Å². The van der Waals surface area contributed by atoms with E-state index in [4.69, 9.17) is 0 Å². The maximum Gasteiger partial charge on any atom is 0.272 e. The van der Waals surface area contributed by atoms with Crippen molar-refractivity contribution in [3.63, 3.8) is 0 Å². The van der Waals surface area contributed by atoms with Crippen molar-refractivity contribution in [2.45, 2.75) is 44.2 Å². The van der Waals surface area contributed by atoms with Gasteiger partial charge in [0.2, 0.25) is 5.91 Å². The molecule has 0 aromatic heterocycles. The summed E-state index contributed by atoms with van der Waals surface area (Å²) in [6, 6.07) is 16.4. The molecule has 1 saturated carbocycles. The zero-order valence-electron chi connectivity index (χ0n) is 18.1. The molecule has 0 radical (unpaired) electrons. The topological polar surface area (TPSA) is 101 Å². The van der Waals surface area contributed by atoms with E-state index in [0.29, 0.717) is 18.4 Å². The molecule has 0 heterocycles. The van der Waals surface area contributed by atoms with E-state index in [2.05, 4.69) is 10.6 Å². The summed E-state index contributed by atoms with van der Waals surface area (Å²) >= 11 is 0. The van der Waals surface area contributed by atoms with Gasteiger partial charge in [-0.15, -0.1) is 0 Å². The number of fused-ring (bicyclic) bond motifs is 1. The molecule has 7 nitrogen and oxygen atoms in total. The van der Waals surface area contributed by atoms with Crippen molar-refractivity contribution in [2.75, 3.05) is 0 Å². The Labute approximate surface area is 190 Å². The number of nitrogens with one attached hydrogen (secondary N) is 2. The molecule has 1 aliphatic carbocycles. The number of non-ortho nitro benzene ring substituents is 1. The monoisotopic (exact) mass is 449 g/mol. The number of nitrogens with zero attached hydrogens (tertiary/aromatic N) is 1. The van der Waals surface area contributed by atoms with Gasteiger partial charge in [0.15, 0.2) is 0 Å². The Morgan fingerprint density at radius 1 is 1.03 bits per heavy atom. The minimum Gasteiger partial charge on any atom is -0.353 e. The number of rotatable bonds is 6. The number of halogens is 1. The van der Waals surface area contributed by atoms with Crippen molar-refractivity contribution in [3.05, 3.63) is 87.7 Å². The van der Waals surface area contributed by atoms with Crippen molar-refractivity contribution in [1.82, 2.24) is 10.6 Å². The summed E-state index contributed by atoms with van der Waals surface area (Å²) in [5, 5.41) is 18.7. The van der Waals surface area contributed by atoms with E-state index < -0.39 is 16.7 Å². The van der Waals surface area contributed by atoms with Crippen LogP contribution in [-0.2, 0) is 4.79 Å². The van der Waals surface area contributed by atoms with E-state index in [9.17, 15) is 24.1 Å². The van der Waals surface area contributed by atoms with Gasteiger partial charge in [0.25, 0.3) is 11.6 Å². The third-order valence-electron chi connectivity index (χ3n) is 6.20. The second-order valence-electron chi connectivity index (χ2n) is 8.40. The zero-order valence-corrected chi connectivity index (χ0v) is 18.1. The first-order chi connectivity index (χ1) is 15.8. The summed E-state index contributed by atoms with van der Waals surface area (Å²) in [5.41, 5.74) is 0.365. The Morgan fingerprint density at radius 2 is 1.73 bits per heavy atom. The Balaban J connectivity index is 1.36. The molecule has 33 heavy (non-hydrogen) atoms. The van der Waals surface area contributed by atoms with Crippen LogP contribution in [0.5, 0.6) is 0 Å². The number of hydrogen-bond acceptors (Lipinski definition) is 4. The van der Waals surface area contributed by atoms with Gasteiger partial charge in [0.1, 0.15) is 5.82 Å². The molecule has 3 aromatic carbocycles. The number of nitro groups is 1. The predicted octanol–water partition coefficient (Wildman–Crippen LogP) is 4.46. The van der Waals surface area contributed by atoms with Crippen LogP contribution in [0.3, 0.4) is 0 Å². The van der Waals surface area contributed by atoms with Crippen molar-refractivity contribution < 1.29 is 18.9 Å². The normalized spacial score (nSPS) is 18.6. The number of benzene rings is 3. The van der Waals surface area contributed by atoms with E-state index >= 15 is 0 Å². The van der Waals surface area contributed by atoms with Gasteiger partial charge >= 0.3 is 0 Å². The van der Waals surface area contributed by atoms with E-state index in [0.717, 1.165) is 23.3 Å². The lowest BCUT2D eigenvalue weighted by Gasteiger charge is -2.18. The Hall–Kier alpha value is -3.81. The van der Waals surface area contributed by atoms with Gasteiger partial charge in [0.05, 0.1) is 16.9 Å². The number of carbonyl (C=O) groups excluding carboxylic acids is 2. The summed E-state index contributed by atoms with van der Waals surface area (Å²) in [7, 11) is 0. The highest BCUT2D eigenvalue weighted by Crippen LogP contribution is 2.26. The lowest BCUT2D eigenvalue weighted by atomic mass is 9.98.